The molecule has 0 aliphatic rings. The number of nitrogens with zero attached hydrogens (tertiary/aromatic N) is 1. The van der Waals surface area contributed by atoms with Gasteiger partial charge in [0.15, 0.2) is 0 Å². The number of rotatable bonds is 2. The van der Waals surface area contributed by atoms with Gasteiger partial charge in [0.25, 0.3) is 0 Å². The molecular weight excluding hydrogens is 410 g/mol. The van der Waals surface area contributed by atoms with Gasteiger partial charge in [0.1, 0.15) is 0 Å². The zero-order valence-corrected chi connectivity index (χ0v) is 18.6. The predicted octanol–water partition coefficient (Wildman–Crippen LogP) is 9.03. The first-order valence-corrected chi connectivity index (χ1v) is 11.6. The number of benzene rings is 6. The van der Waals surface area contributed by atoms with Crippen molar-refractivity contribution in [2.45, 2.75) is 0 Å². The Labute approximate surface area is 197 Å². The first-order chi connectivity index (χ1) is 16.8. The molecule has 0 amide bonds. The second-order valence-electron chi connectivity index (χ2n) is 8.84. The summed E-state index contributed by atoms with van der Waals surface area (Å²) in [5.41, 5.74) is 5.92. The highest BCUT2D eigenvalue weighted by molar-refractivity contribution is 6.25. The van der Waals surface area contributed by atoms with Crippen molar-refractivity contribution in [3.63, 3.8) is 0 Å². The lowest BCUT2D eigenvalue weighted by Crippen LogP contribution is -1.85. The number of fused-ring (bicyclic) bond motifs is 7. The van der Waals surface area contributed by atoms with Crippen molar-refractivity contribution in [2.24, 2.45) is 0 Å². The smallest absolute Gasteiger partial charge is 0.0702 e. The minimum atomic E-state index is 1.03. The minimum Gasteiger partial charge on any atom is -0.256 e. The standard InChI is InChI=1S/C33H21N/c1-2-9-29-27(7-1)28-8-3-4-10-30(28)32-21-25(15-17-31(29)32)23-13-11-22(12-14-23)24-16-18-33-26(20-24)6-5-19-34-33/h1-21H. The third kappa shape index (κ3) is 2.98. The fraction of sp³-hybridized carbons (Fsp3) is 0. The molecule has 0 bridgehead atoms. The van der Waals surface area contributed by atoms with E-state index in [1.54, 1.807) is 0 Å². The van der Waals surface area contributed by atoms with Crippen LogP contribution in [0.5, 0.6) is 0 Å². The van der Waals surface area contributed by atoms with Crippen molar-refractivity contribution in [3.8, 4) is 22.3 Å². The molecule has 7 rings (SSSR count). The summed E-state index contributed by atoms with van der Waals surface area (Å²) in [5, 5.41) is 9.01. The van der Waals surface area contributed by atoms with Crippen LogP contribution in [-0.4, -0.2) is 4.98 Å². The molecule has 0 fully saturated rings. The average Bonchev–Trinajstić information content (AvgIpc) is 2.93. The van der Waals surface area contributed by atoms with Gasteiger partial charge in [-0.3, -0.25) is 4.98 Å². The predicted molar refractivity (Wildman–Crippen MR) is 145 cm³/mol. The van der Waals surface area contributed by atoms with Crippen molar-refractivity contribution in [2.75, 3.05) is 0 Å². The van der Waals surface area contributed by atoms with Gasteiger partial charge in [-0.15, -0.1) is 0 Å². The van der Waals surface area contributed by atoms with Gasteiger partial charge in [0, 0.05) is 11.6 Å². The second kappa shape index (κ2) is 7.54. The van der Waals surface area contributed by atoms with Gasteiger partial charge in [0.05, 0.1) is 5.52 Å². The third-order valence-corrected chi connectivity index (χ3v) is 6.90. The van der Waals surface area contributed by atoms with Crippen molar-refractivity contribution in [1.29, 1.82) is 0 Å². The van der Waals surface area contributed by atoms with Crippen molar-refractivity contribution >= 4 is 43.2 Å². The number of hydrogen-bond acceptors (Lipinski definition) is 1. The van der Waals surface area contributed by atoms with E-state index in [-0.39, 0.29) is 0 Å². The fourth-order valence-electron chi connectivity index (χ4n) is 5.20. The molecule has 0 radical (unpaired) electrons. The highest BCUT2D eigenvalue weighted by Gasteiger charge is 2.09. The molecule has 1 heteroatoms. The van der Waals surface area contributed by atoms with E-state index in [1.807, 2.05) is 12.3 Å². The number of hydrogen-bond donors (Lipinski definition) is 0. The lowest BCUT2D eigenvalue weighted by molar-refractivity contribution is 1.41. The van der Waals surface area contributed by atoms with Crippen molar-refractivity contribution < 1.29 is 0 Å². The van der Waals surface area contributed by atoms with E-state index < -0.39 is 0 Å². The summed E-state index contributed by atoms with van der Waals surface area (Å²) in [6, 6.07) is 43.8. The normalized spacial score (nSPS) is 11.5. The van der Waals surface area contributed by atoms with Gasteiger partial charge in [-0.25, -0.2) is 0 Å². The van der Waals surface area contributed by atoms with Crippen molar-refractivity contribution in [3.05, 3.63) is 128 Å². The van der Waals surface area contributed by atoms with E-state index in [9.17, 15) is 0 Å². The fourth-order valence-corrected chi connectivity index (χ4v) is 5.20. The molecule has 1 nitrogen and oxygen atoms in total. The zero-order valence-electron chi connectivity index (χ0n) is 18.6. The summed E-state index contributed by atoms with van der Waals surface area (Å²) in [6.45, 7) is 0. The first kappa shape index (κ1) is 19.0. The van der Waals surface area contributed by atoms with Gasteiger partial charge in [-0.2, -0.15) is 0 Å². The molecule has 0 spiro atoms. The lowest BCUT2D eigenvalue weighted by atomic mass is 9.92. The Morgan fingerprint density at radius 1 is 0.353 bits per heavy atom. The van der Waals surface area contributed by atoms with Crippen LogP contribution in [0.25, 0.3) is 65.5 Å². The Hall–Kier alpha value is -4.49. The topological polar surface area (TPSA) is 12.9 Å². The first-order valence-electron chi connectivity index (χ1n) is 11.6. The van der Waals surface area contributed by atoms with Crippen LogP contribution in [-0.2, 0) is 0 Å². The molecule has 0 atom stereocenters. The Morgan fingerprint density at radius 2 is 0.853 bits per heavy atom. The van der Waals surface area contributed by atoms with Crippen molar-refractivity contribution in [1.82, 2.24) is 4.98 Å². The van der Waals surface area contributed by atoms with Gasteiger partial charge in [0.2, 0.25) is 0 Å². The lowest BCUT2D eigenvalue weighted by Gasteiger charge is -2.12. The Bertz CT molecular complexity index is 1810. The molecule has 0 aliphatic heterocycles. The Morgan fingerprint density at radius 3 is 1.50 bits per heavy atom. The summed E-state index contributed by atoms with van der Waals surface area (Å²) >= 11 is 0. The van der Waals surface area contributed by atoms with Gasteiger partial charge >= 0.3 is 0 Å². The van der Waals surface area contributed by atoms with Gasteiger partial charge in [-0.1, -0.05) is 97.1 Å². The quantitative estimate of drug-likeness (QED) is 0.249. The van der Waals surface area contributed by atoms with E-state index in [0.29, 0.717) is 0 Å². The highest BCUT2D eigenvalue weighted by atomic mass is 14.6. The summed E-state index contributed by atoms with van der Waals surface area (Å²) < 4.78 is 0. The van der Waals surface area contributed by atoms with Crippen LogP contribution < -0.4 is 0 Å². The molecule has 0 aliphatic carbocycles. The van der Waals surface area contributed by atoms with Crippen LogP contribution in [0.15, 0.2) is 128 Å². The van der Waals surface area contributed by atoms with Crippen LogP contribution in [0.1, 0.15) is 0 Å². The molecule has 34 heavy (non-hydrogen) atoms. The molecule has 0 saturated carbocycles. The largest absolute Gasteiger partial charge is 0.256 e. The summed E-state index contributed by atoms with van der Waals surface area (Å²) in [4.78, 5) is 4.44. The maximum atomic E-state index is 4.44. The summed E-state index contributed by atoms with van der Waals surface area (Å²) in [5.74, 6) is 0. The summed E-state index contributed by atoms with van der Waals surface area (Å²) in [7, 11) is 0. The third-order valence-electron chi connectivity index (χ3n) is 6.90. The van der Waals surface area contributed by atoms with Crippen LogP contribution in [0.4, 0.5) is 0 Å². The zero-order chi connectivity index (χ0) is 22.5. The average molecular weight is 432 g/mol. The number of aromatic nitrogens is 1. The van der Waals surface area contributed by atoms with E-state index in [1.165, 1.54) is 54.6 Å². The SMILES string of the molecule is c1cnc2ccc(-c3ccc(-c4ccc5c6ccccc6c6ccccc6c5c4)cc3)cc2c1. The minimum absolute atomic E-state index is 1.03. The molecule has 7 aromatic rings. The maximum Gasteiger partial charge on any atom is 0.0702 e. The number of pyridine rings is 1. The molecule has 6 aromatic carbocycles. The van der Waals surface area contributed by atoms with E-state index >= 15 is 0 Å². The van der Waals surface area contributed by atoms with Crippen LogP contribution in [0.3, 0.4) is 0 Å². The Kier molecular flexibility index (Phi) is 4.22. The second-order valence-corrected chi connectivity index (χ2v) is 8.84. The molecule has 158 valence electrons. The Balaban J connectivity index is 1.36. The molecule has 0 N–H and O–H groups in total. The van der Waals surface area contributed by atoms with Crippen LogP contribution >= 0.6 is 0 Å². The monoisotopic (exact) mass is 431 g/mol. The highest BCUT2D eigenvalue weighted by Crippen LogP contribution is 2.37. The maximum absolute atomic E-state index is 4.44. The van der Waals surface area contributed by atoms with Crippen LogP contribution in [0, 0.1) is 0 Å². The van der Waals surface area contributed by atoms with E-state index in [4.69, 9.17) is 0 Å². The summed E-state index contributed by atoms with van der Waals surface area (Å²) in [6.07, 6.45) is 1.84. The van der Waals surface area contributed by atoms with Gasteiger partial charge in [-0.05, 0) is 78.8 Å². The van der Waals surface area contributed by atoms with Crippen LogP contribution in [0.2, 0.25) is 0 Å². The molecule has 0 saturated heterocycles. The molecule has 1 aromatic heterocycles. The molecule has 0 unspecified atom stereocenters. The van der Waals surface area contributed by atoms with E-state index in [2.05, 4.69) is 120 Å². The molecule has 1 heterocycles. The van der Waals surface area contributed by atoms with E-state index in [0.717, 1.165) is 10.9 Å². The molecular formula is C33H21N. The van der Waals surface area contributed by atoms with Gasteiger partial charge < -0.3 is 0 Å².